The van der Waals surface area contributed by atoms with Gasteiger partial charge in [0.1, 0.15) is 0 Å². The molecule has 1 aliphatic rings. The second kappa shape index (κ2) is 7.65. The first-order valence-corrected chi connectivity index (χ1v) is 5.88. The van der Waals surface area contributed by atoms with Crippen molar-refractivity contribution in [1.82, 2.24) is 10.6 Å². The molecule has 1 saturated heterocycles. The van der Waals surface area contributed by atoms with Gasteiger partial charge in [0.05, 0.1) is 0 Å². The monoisotopic (exact) mass is 214 g/mol. The minimum Gasteiger partial charge on any atom is -0.381 e. The van der Waals surface area contributed by atoms with E-state index < -0.39 is 0 Å². The topological polar surface area (TPSA) is 50.4 Å². The zero-order chi connectivity index (χ0) is 10.9. The fourth-order valence-corrected chi connectivity index (χ4v) is 1.74. The van der Waals surface area contributed by atoms with E-state index in [0.29, 0.717) is 6.42 Å². The van der Waals surface area contributed by atoms with Crippen LogP contribution in [0, 0.1) is 5.92 Å². The Morgan fingerprint density at radius 3 is 2.80 bits per heavy atom. The van der Waals surface area contributed by atoms with Crippen LogP contribution in [0.25, 0.3) is 0 Å². The molecule has 1 rings (SSSR count). The van der Waals surface area contributed by atoms with E-state index in [1.54, 1.807) is 0 Å². The molecule has 1 heterocycles. The number of rotatable bonds is 6. The Labute approximate surface area is 91.8 Å². The van der Waals surface area contributed by atoms with E-state index >= 15 is 0 Å². The number of nitrogens with one attached hydrogen (secondary N) is 2. The summed E-state index contributed by atoms with van der Waals surface area (Å²) >= 11 is 0. The molecule has 1 aliphatic heterocycles. The Morgan fingerprint density at radius 2 is 2.13 bits per heavy atom. The smallest absolute Gasteiger partial charge is 0.221 e. The standard InChI is InChI=1S/C11H22N2O2/c1-2-13-11(14)3-6-12-9-10-4-7-15-8-5-10/h10,12H,2-9H2,1H3,(H,13,14). The average Bonchev–Trinajstić information content (AvgIpc) is 2.26. The quantitative estimate of drug-likeness (QED) is 0.634. The van der Waals surface area contributed by atoms with Crippen LogP contribution in [0.5, 0.6) is 0 Å². The average molecular weight is 214 g/mol. The van der Waals surface area contributed by atoms with Crippen LogP contribution in [-0.4, -0.2) is 38.8 Å². The van der Waals surface area contributed by atoms with E-state index in [4.69, 9.17) is 4.74 Å². The Hall–Kier alpha value is -0.610. The van der Waals surface area contributed by atoms with Crippen LogP contribution in [0.2, 0.25) is 0 Å². The molecule has 1 fully saturated rings. The molecule has 0 aromatic carbocycles. The summed E-state index contributed by atoms with van der Waals surface area (Å²) < 4.78 is 5.28. The lowest BCUT2D eigenvalue weighted by molar-refractivity contribution is -0.120. The van der Waals surface area contributed by atoms with Crippen LogP contribution in [0.1, 0.15) is 26.2 Å². The molecule has 88 valence electrons. The number of hydrogen-bond acceptors (Lipinski definition) is 3. The first-order chi connectivity index (χ1) is 7.33. The Bertz CT molecular complexity index is 179. The number of amides is 1. The number of carbonyl (C=O) groups excluding carboxylic acids is 1. The lowest BCUT2D eigenvalue weighted by atomic mass is 10.0. The summed E-state index contributed by atoms with van der Waals surface area (Å²) in [5.41, 5.74) is 0. The van der Waals surface area contributed by atoms with Crippen molar-refractivity contribution in [1.29, 1.82) is 0 Å². The SMILES string of the molecule is CCNC(=O)CCNCC1CCOCC1. The van der Waals surface area contributed by atoms with Crippen molar-refractivity contribution in [2.24, 2.45) is 5.92 Å². The second-order valence-electron chi connectivity index (χ2n) is 3.96. The minimum absolute atomic E-state index is 0.136. The molecule has 2 N–H and O–H groups in total. The van der Waals surface area contributed by atoms with E-state index in [2.05, 4.69) is 10.6 Å². The zero-order valence-electron chi connectivity index (χ0n) is 9.55. The second-order valence-corrected chi connectivity index (χ2v) is 3.96. The van der Waals surface area contributed by atoms with E-state index in [0.717, 1.165) is 51.6 Å². The molecule has 15 heavy (non-hydrogen) atoms. The van der Waals surface area contributed by atoms with Gasteiger partial charge in [-0.3, -0.25) is 4.79 Å². The molecule has 1 amide bonds. The van der Waals surface area contributed by atoms with Crippen molar-refractivity contribution < 1.29 is 9.53 Å². The third-order valence-corrected chi connectivity index (χ3v) is 2.68. The molecule has 0 aliphatic carbocycles. The molecule has 0 spiro atoms. The maximum atomic E-state index is 11.1. The number of hydrogen-bond donors (Lipinski definition) is 2. The first kappa shape index (κ1) is 12.5. The molecule has 0 bridgehead atoms. The highest BCUT2D eigenvalue weighted by Gasteiger charge is 2.12. The molecular formula is C11H22N2O2. The van der Waals surface area contributed by atoms with Crippen molar-refractivity contribution in [2.75, 3.05) is 32.8 Å². The predicted octanol–water partition coefficient (Wildman–Crippen LogP) is 0.529. The maximum Gasteiger partial charge on any atom is 0.221 e. The molecule has 0 atom stereocenters. The predicted molar refractivity (Wildman–Crippen MR) is 59.7 cm³/mol. The molecule has 0 aromatic rings. The molecule has 4 heteroatoms. The molecule has 0 radical (unpaired) electrons. The summed E-state index contributed by atoms with van der Waals surface area (Å²) in [4.78, 5) is 11.1. The number of carbonyl (C=O) groups is 1. The lowest BCUT2D eigenvalue weighted by Crippen LogP contribution is -2.31. The summed E-state index contributed by atoms with van der Waals surface area (Å²) in [7, 11) is 0. The van der Waals surface area contributed by atoms with Gasteiger partial charge in [0.15, 0.2) is 0 Å². The zero-order valence-corrected chi connectivity index (χ0v) is 9.55. The van der Waals surface area contributed by atoms with Crippen molar-refractivity contribution in [2.45, 2.75) is 26.2 Å². The van der Waals surface area contributed by atoms with Gasteiger partial charge in [-0.2, -0.15) is 0 Å². The minimum atomic E-state index is 0.136. The van der Waals surface area contributed by atoms with Gasteiger partial charge >= 0.3 is 0 Å². The van der Waals surface area contributed by atoms with Gasteiger partial charge in [-0.1, -0.05) is 0 Å². The Balaban J connectivity index is 1.93. The van der Waals surface area contributed by atoms with Crippen molar-refractivity contribution in [3.05, 3.63) is 0 Å². The van der Waals surface area contributed by atoms with Crippen LogP contribution in [0.15, 0.2) is 0 Å². The molecular weight excluding hydrogens is 192 g/mol. The fraction of sp³-hybridized carbons (Fsp3) is 0.909. The van der Waals surface area contributed by atoms with Crippen LogP contribution < -0.4 is 10.6 Å². The largest absolute Gasteiger partial charge is 0.381 e. The summed E-state index contributed by atoms with van der Waals surface area (Å²) in [5.74, 6) is 0.866. The van der Waals surface area contributed by atoms with Crippen molar-refractivity contribution >= 4 is 5.91 Å². The first-order valence-electron chi connectivity index (χ1n) is 5.88. The Morgan fingerprint density at radius 1 is 1.40 bits per heavy atom. The maximum absolute atomic E-state index is 11.1. The van der Waals surface area contributed by atoms with Gasteiger partial charge in [0.2, 0.25) is 5.91 Å². The summed E-state index contributed by atoms with van der Waals surface area (Å²) in [6.45, 7) is 6.24. The molecule has 0 aromatic heterocycles. The van der Waals surface area contributed by atoms with Crippen LogP contribution in [-0.2, 0) is 9.53 Å². The van der Waals surface area contributed by atoms with Crippen LogP contribution >= 0.6 is 0 Å². The highest BCUT2D eigenvalue weighted by atomic mass is 16.5. The molecule has 4 nitrogen and oxygen atoms in total. The normalized spacial score (nSPS) is 17.7. The van der Waals surface area contributed by atoms with Crippen molar-refractivity contribution in [3.63, 3.8) is 0 Å². The fourth-order valence-electron chi connectivity index (χ4n) is 1.74. The van der Waals surface area contributed by atoms with E-state index in [9.17, 15) is 4.79 Å². The van der Waals surface area contributed by atoms with Crippen molar-refractivity contribution in [3.8, 4) is 0 Å². The third kappa shape index (κ3) is 5.74. The van der Waals surface area contributed by atoms with Gasteiger partial charge in [-0.25, -0.2) is 0 Å². The van der Waals surface area contributed by atoms with Crippen LogP contribution in [0.4, 0.5) is 0 Å². The molecule has 0 saturated carbocycles. The summed E-state index contributed by atoms with van der Waals surface area (Å²) in [6.07, 6.45) is 2.87. The molecule has 0 unspecified atom stereocenters. The third-order valence-electron chi connectivity index (χ3n) is 2.68. The highest BCUT2D eigenvalue weighted by molar-refractivity contribution is 5.75. The van der Waals surface area contributed by atoms with Gasteiger partial charge in [-0.05, 0) is 32.2 Å². The van der Waals surface area contributed by atoms with E-state index in [1.807, 2.05) is 6.92 Å². The number of ether oxygens (including phenoxy) is 1. The summed E-state index contributed by atoms with van der Waals surface area (Å²) in [6, 6.07) is 0. The van der Waals surface area contributed by atoms with Crippen LogP contribution in [0.3, 0.4) is 0 Å². The van der Waals surface area contributed by atoms with Gasteiger partial charge in [0, 0.05) is 32.7 Å². The Kier molecular flexibility index (Phi) is 6.36. The van der Waals surface area contributed by atoms with E-state index in [1.165, 1.54) is 0 Å². The summed E-state index contributed by atoms with van der Waals surface area (Å²) in [5, 5.41) is 6.11. The lowest BCUT2D eigenvalue weighted by Gasteiger charge is -2.22. The highest BCUT2D eigenvalue weighted by Crippen LogP contribution is 2.12. The van der Waals surface area contributed by atoms with Gasteiger partial charge < -0.3 is 15.4 Å². The van der Waals surface area contributed by atoms with Gasteiger partial charge in [0.25, 0.3) is 0 Å². The van der Waals surface area contributed by atoms with E-state index in [-0.39, 0.29) is 5.91 Å². The van der Waals surface area contributed by atoms with Gasteiger partial charge in [-0.15, -0.1) is 0 Å².